The highest BCUT2D eigenvalue weighted by Gasteiger charge is 2.19. The van der Waals surface area contributed by atoms with Gasteiger partial charge in [0.25, 0.3) is 0 Å². The van der Waals surface area contributed by atoms with Gasteiger partial charge < -0.3 is 14.2 Å². The van der Waals surface area contributed by atoms with Crippen molar-refractivity contribution < 1.29 is 28.6 Å². The van der Waals surface area contributed by atoms with Crippen molar-refractivity contribution in [3.05, 3.63) is 146 Å². The summed E-state index contributed by atoms with van der Waals surface area (Å²) in [6.07, 6.45) is 99.0. The number of carbonyl (C=O) groups is 3. The third-order valence-electron chi connectivity index (χ3n) is 14.1. The van der Waals surface area contributed by atoms with Gasteiger partial charge in [-0.3, -0.25) is 14.4 Å². The molecule has 0 bridgehead atoms. The Morgan fingerprint density at radius 2 is 0.476 bits per heavy atom. The number of carbonyl (C=O) groups excluding carboxylic acids is 3. The number of rotatable bonds is 60. The Bertz CT molecular complexity index is 1780. The van der Waals surface area contributed by atoms with E-state index in [-0.39, 0.29) is 31.1 Å². The molecule has 0 fully saturated rings. The zero-order valence-corrected chi connectivity index (χ0v) is 53.2. The van der Waals surface area contributed by atoms with Crippen LogP contribution in [0.1, 0.15) is 297 Å². The van der Waals surface area contributed by atoms with Crippen LogP contribution in [-0.2, 0) is 28.6 Å². The van der Waals surface area contributed by atoms with E-state index < -0.39 is 6.10 Å². The van der Waals surface area contributed by atoms with Crippen molar-refractivity contribution in [2.24, 2.45) is 0 Å². The molecule has 0 radical (unpaired) electrons. The first-order chi connectivity index (χ1) is 40.5. The van der Waals surface area contributed by atoms with E-state index in [9.17, 15) is 14.4 Å². The molecule has 0 aromatic heterocycles. The molecule has 0 aliphatic heterocycles. The third kappa shape index (κ3) is 66.1. The maximum absolute atomic E-state index is 12.9. The van der Waals surface area contributed by atoms with Crippen molar-refractivity contribution in [3.8, 4) is 0 Å². The van der Waals surface area contributed by atoms with Crippen molar-refractivity contribution in [2.45, 2.75) is 303 Å². The lowest BCUT2D eigenvalue weighted by molar-refractivity contribution is -0.167. The molecule has 82 heavy (non-hydrogen) atoms. The van der Waals surface area contributed by atoms with Crippen LogP contribution in [-0.4, -0.2) is 37.2 Å². The Morgan fingerprint density at radius 1 is 0.256 bits per heavy atom. The van der Waals surface area contributed by atoms with Crippen molar-refractivity contribution in [1.82, 2.24) is 0 Å². The molecule has 0 spiro atoms. The standard InChI is InChI=1S/C76H124O6/c1-4-7-10-13-16-18-20-22-24-26-28-30-32-34-36-37-38-39-41-42-44-46-48-50-52-54-56-58-60-63-66-69-75(78)81-72-73(71-80-74(77)68-65-62-15-12-9-6-3)82-76(79)70-67-64-61-59-57-55-53-51-49-47-45-43-40-35-33-31-29-27-25-23-21-19-17-14-11-8-5-2/h7-8,10-11,16-19,22-25,28-31,34-36,38-40,42,44,73H,4-6,9,12-15,20-21,26-27,32-33,37,41,43,45-72H2,1-3H3/b10-7-,11-8-,18-16-,19-17-,24-22-,25-23-,30-28-,31-29-,36-34-,39-38-,40-35-,44-42-. The fourth-order valence-corrected chi connectivity index (χ4v) is 9.10. The van der Waals surface area contributed by atoms with E-state index in [4.69, 9.17) is 14.2 Å². The summed E-state index contributed by atoms with van der Waals surface area (Å²) in [7, 11) is 0. The number of ether oxygens (including phenoxy) is 3. The fourth-order valence-electron chi connectivity index (χ4n) is 9.10. The lowest BCUT2D eigenvalue weighted by Crippen LogP contribution is -2.30. The Morgan fingerprint density at radius 3 is 0.744 bits per heavy atom. The molecule has 0 heterocycles. The first kappa shape index (κ1) is 77.3. The zero-order chi connectivity index (χ0) is 59.2. The summed E-state index contributed by atoms with van der Waals surface area (Å²) in [5.41, 5.74) is 0. The van der Waals surface area contributed by atoms with Crippen LogP contribution < -0.4 is 0 Å². The van der Waals surface area contributed by atoms with Crippen LogP contribution in [0.2, 0.25) is 0 Å². The van der Waals surface area contributed by atoms with Crippen LogP contribution in [0.5, 0.6) is 0 Å². The van der Waals surface area contributed by atoms with Gasteiger partial charge in [-0.05, 0) is 122 Å². The summed E-state index contributed by atoms with van der Waals surface area (Å²) >= 11 is 0. The van der Waals surface area contributed by atoms with Gasteiger partial charge in [-0.25, -0.2) is 0 Å². The van der Waals surface area contributed by atoms with E-state index in [0.29, 0.717) is 19.3 Å². The second-order valence-corrected chi connectivity index (χ2v) is 22.0. The Kier molecular flexibility index (Phi) is 64.8. The topological polar surface area (TPSA) is 78.9 Å². The summed E-state index contributed by atoms with van der Waals surface area (Å²) < 4.78 is 16.8. The normalized spacial score (nSPS) is 13.1. The summed E-state index contributed by atoms with van der Waals surface area (Å²) in [6.45, 7) is 6.35. The molecule has 0 aliphatic rings. The average molecular weight is 1130 g/mol. The van der Waals surface area contributed by atoms with Crippen LogP contribution >= 0.6 is 0 Å². The third-order valence-corrected chi connectivity index (χ3v) is 14.1. The Labute approximate surface area is 506 Å². The van der Waals surface area contributed by atoms with Crippen molar-refractivity contribution in [1.29, 1.82) is 0 Å². The lowest BCUT2D eigenvalue weighted by Gasteiger charge is -2.18. The maximum atomic E-state index is 12.9. The maximum Gasteiger partial charge on any atom is 0.306 e. The van der Waals surface area contributed by atoms with Crippen molar-refractivity contribution in [3.63, 3.8) is 0 Å². The van der Waals surface area contributed by atoms with Gasteiger partial charge in [0.1, 0.15) is 13.2 Å². The SMILES string of the molecule is CC/C=C\C/C=C\C/C=C\C/C=C\C/C=C\C/C=C\C/C=C\CCCCCCCCCCCC(=O)OCC(COC(=O)CCCCCCCC)OC(=O)CCCCCCCCCCCCC/C=C\C/C=C\C/C=C\C/C=C\C/C=C\CC. The smallest absolute Gasteiger partial charge is 0.306 e. The van der Waals surface area contributed by atoms with Gasteiger partial charge in [0, 0.05) is 19.3 Å². The monoisotopic (exact) mass is 1130 g/mol. The fraction of sp³-hybridized carbons (Fsp3) is 0.645. The number of esters is 3. The molecule has 1 atom stereocenters. The van der Waals surface area contributed by atoms with Crippen LogP contribution in [0.3, 0.4) is 0 Å². The van der Waals surface area contributed by atoms with Crippen molar-refractivity contribution in [2.75, 3.05) is 13.2 Å². The van der Waals surface area contributed by atoms with E-state index in [1.807, 2.05) is 0 Å². The molecule has 0 aliphatic carbocycles. The number of hydrogen-bond donors (Lipinski definition) is 0. The van der Waals surface area contributed by atoms with Crippen LogP contribution in [0.25, 0.3) is 0 Å². The molecule has 0 aromatic carbocycles. The van der Waals surface area contributed by atoms with Gasteiger partial charge in [0.05, 0.1) is 0 Å². The molecule has 0 saturated heterocycles. The van der Waals surface area contributed by atoms with Crippen LogP contribution in [0.4, 0.5) is 0 Å². The predicted octanol–water partition coefficient (Wildman–Crippen LogP) is 23.5. The summed E-state index contributed by atoms with van der Waals surface area (Å²) in [4.78, 5) is 38.1. The quantitative estimate of drug-likeness (QED) is 0.0261. The van der Waals surface area contributed by atoms with Crippen molar-refractivity contribution >= 4 is 17.9 Å². The molecule has 0 amide bonds. The molecule has 6 nitrogen and oxygen atoms in total. The molecule has 0 rings (SSSR count). The number of allylic oxidation sites excluding steroid dienone is 24. The van der Waals surface area contributed by atoms with E-state index in [1.165, 1.54) is 116 Å². The Hall–Kier alpha value is -4.71. The summed E-state index contributed by atoms with van der Waals surface area (Å²) in [5.74, 6) is -0.900. The minimum Gasteiger partial charge on any atom is -0.462 e. The van der Waals surface area contributed by atoms with Gasteiger partial charge >= 0.3 is 17.9 Å². The first-order valence-electron chi connectivity index (χ1n) is 33.8. The first-order valence-corrected chi connectivity index (χ1v) is 33.8. The molecule has 464 valence electrons. The van der Waals surface area contributed by atoms with Crippen LogP contribution in [0, 0.1) is 0 Å². The highest BCUT2D eigenvalue weighted by atomic mass is 16.6. The lowest BCUT2D eigenvalue weighted by atomic mass is 10.0. The predicted molar refractivity (Wildman–Crippen MR) is 357 cm³/mol. The van der Waals surface area contributed by atoms with E-state index in [2.05, 4.69) is 167 Å². The number of hydrogen-bond acceptors (Lipinski definition) is 6. The molecule has 0 aromatic rings. The highest BCUT2D eigenvalue weighted by Crippen LogP contribution is 2.16. The zero-order valence-electron chi connectivity index (χ0n) is 53.2. The van der Waals surface area contributed by atoms with Gasteiger partial charge in [0.15, 0.2) is 6.10 Å². The second kappa shape index (κ2) is 68.8. The molecule has 6 heteroatoms. The van der Waals surface area contributed by atoms with E-state index >= 15 is 0 Å². The van der Waals surface area contributed by atoms with E-state index in [1.54, 1.807) is 0 Å². The summed E-state index contributed by atoms with van der Waals surface area (Å²) in [6, 6.07) is 0. The summed E-state index contributed by atoms with van der Waals surface area (Å²) in [5, 5.41) is 0. The second-order valence-electron chi connectivity index (χ2n) is 22.0. The minimum atomic E-state index is -0.785. The molecular weight excluding hydrogens is 1010 g/mol. The average Bonchev–Trinajstić information content (AvgIpc) is 3.47. The van der Waals surface area contributed by atoms with Gasteiger partial charge in [0.2, 0.25) is 0 Å². The highest BCUT2D eigenvalue weighted by molar-refractivity contribution is 5.71. The minimum absolute atomic E-state index is 0.0836. The van der Waals surface area contributed by atoms with Gasteiger partial charge in [-0.1, -0.05) is 301 Å². The molecule has 0 saturated carbocycles. The van der Waals surface area contributed by atoms with E-state index in [0.717, 1.165) is 141 Å². The van der Waals surface area contributed by atoms with Crippen LogP contribution in [0.15, 0.2) is 146 Å². The van der Waals surface area contributed by atoms with Gasteiger partial charge in [-0.2, -0.15) is 0 Å². The number of unbranched alkanes of at least 4 members (excludes halogenated alkanes) is 25. The Balaban J connectivity index is 4.11. The largest absolute Gasteiger partial charge is 0.462 e. The molecule has 1 unspecified atom stereocenters. The van der Waals surface area contributed by atoms with Gasteiger partial charge in [-0.15, -0.1) is 0 Å². The molecule has 0 N–H and O–H groups in total. The molecular formula is C76H124O6.